The summed E-state index contributed by atoms with van der Waals surface area (Å²) in [6, 6.07) is 2.90. The van der Waals surface area contributed by atoms with Gasteiger partial charge >= 0.3 is 6.18 Å². The molecule has 1 saturated heterocycles. The van der Waals surface area contributed by atoms with E-state index in [2.05, 4.69) is 0 Å². The topological polar surface area (TPSA) is 75.7 Å². The summed E-state index contributed by atoms with van der Waals surface area (Å²) in [6.45, 7) is 3.96. The zero-order chi connectivity index (χ0) is 22.6. The molecule has 6 nitrogen and oxygen atoms in total. The number of hydrogen-bond acceptors (Lipinski definition) is 5. The Bertz CT molecular complexity index is 948. The lowest BCUT2D eigenvalue weighted by Gasteiger charge is -2.35. The van der Waals surface area contributed by atoms with Crippen LogP contribution in [0.5, 0.6) is 0 Å². The SMILES string of the molecule is CC1(C)CC(=O)C2=C(C1)N(C[C@@H]1CCCO1)C(=O)[C@@]2(NC(=O)c1cccs1)C(F)(F)F. The molecule has 1 fully saturated rings. The average Bonchev–Trinajstić information content (AvgIpc) is 3.38. The summed E-state index contributed by atoms with van der Waals surface area (Å²) < 4.78 is 49.4. The molecule has 0 bridgehead atoms. The first-order valence-corrected chi connectivity index (χ1v) is 11.0. The van der Waals surface area contributed by atoms with Crippen molar-refractivity contribution < 1.29 is 32.3 Å². The number of nitrogens with one attached hydrogen (secondary N) is 1. The van der Waals surface area contributed by atoms with Gasteiger partial charge in [0.15, 0.2) is 5.78 Å². The Balaban J connectivity index is 1.84. The fourth-order valence-corrected chi connectivity index (χ4v) is 5.27. The van der Waals surface area contributed by atoms with E-state index in [-0.39, 0.29) is 30.0 Å². The Morgan fingerprint density at radius 1 is 1.32 bits per heavy atom. The Labute approximate surface area is 181 Å². The van der Waals surface area contributed by atoms with Gasteiger partial charge in [-0.15, -0.1) is 11.3 Å². The van der Waals surface area contributed by atoms with Gasteiger partial charge in [0.05, 0.1) is 23.1 Å². The number of ketones is 1. The van der Waals surface area contributed by atoms with E-state index in [1.165, 1.54) is 12.1 Å². The number of carbonyl (C=O) groups excluding carboxylic acids is 3. The van der Waals surface area contributed by atoms with Gasteiger partial charge in [-0.1, -0.05) is 19.9 Å². The van der Waals surface area contributed by atoms with E-state index in [0.717, 1.165) is 22.7 Å². The summed E-state index contributed by atoms with van der Waals surface area (Å²) >= 11 is 0.957. The lowest BCUT2D eigenvalue weighted by Crippen LogP contribution is -2.66. The Hall–Kier alpha value is -2.20. The summed E-state index contributed by atoms with van der Waals surface area (Å²) in [6.07, 6.45) is -4.25. The van der Waals surface area contributed by atoms with Crippen LogP contribution in [0, 0.1) is 5.41 Å². The van der Waals surface area contributed by atoms with Gasteiger partial charge in [0.25, 0.3) is 11.8 Å². The molecule has 2 aliphatic heterocycles. The van der Waals surface area contributed by atoms with Gasteiger partial charge in [-0.25, -0.2) is 0 Å². The number of alkyl halides is 3. The maximum atomic E-state index is 14.6. The minimum Gasteiger partial charge on any atom is -0.376 e. The van der Waals surface area contributed by atoms with E-state index in [9.17, 15) is 27.6 Å². The molecule has 31 heavy (non-hydrogen) atoms. The van der Waals surface area contributed by atoms with Crippen LogP contribution in [-0.4, -0.2) is 53.5 Å². The molecule has 168 valence electrons. The maximum absolute atomic E-state index is 14.6. The van der Waals surface area contributed by atoms with Crippen LogP contribution < -0.4 is 5.32 Å². The number of carbonyl (C=O) groups is 3. The molecule has 3 heterocycles. The number of amides is 2. The zero-order valence-electron chi connectivity index (χ0n) is 17.2. The molecule has 0 unspecified atom stereocenters. The molecule has 2 amide bonds. The summed E-state index contributed by atoms with van der Waals surface area (Å²) in [7, 11) is 0. The number of hydrogen-bond donors (Lipinski definition) is 1. The number of halogens is 3. The van der Waals surface area contributed by atoms with Crippen molar-refractivity contribution in [3.63, 3.8) is 0 Å². The van der Waals surface area contributed by atoms with Crippen molar-refractivity contribution in [2.45, 2.75) is 57.3 Å². The number of nitrogens with zero attached hydrogens (tertiary/aromatic N) is 1. The summed E-state index contributed by atoms with van der Waals surface area (Å²) in [4.78, 5) is 40.2. The highest BCUT2D eigenvalue weighted by molar-refractivity contribution is 7.12. The first kappa shape index (κ1) is 22.0. The molecule has 4 rings (SSSR count). The fraction of sp³-hybridized carbons (Fsp3) is 0.571. The highest BCUT2D eigenvalue weighted by Crippen LogP contribution is 2.52. The molecular formula is C21H23F3N2O4S. The second-order valence-electron chi connectivity index (χ2n) is 8.99. The smallest absolute Gasteiger partial charge is 0.376 e. The van der Waals surface area contributed by atoms with Crippen LogP contribution in [0.15, 0.2) is 28.8 Å². The molecular weight excluding hydrogens is 433 g/mol. The van der Waals surface area contributed by atoms with E-state index in [4.69, 9.17) is 4.74 Å². The minimum absolute atomic E-state index is 0.0275. The molecule has 0 aromatic carbocycles. The van der Waals surface area contributed by atoms with Gasteiger partial charge in [-0.3, -0.25) is 14.4 Å². The molecule has 0 radical (unpaired) electrons. The van der Waals surface area contributed by atoms with Gasteiger partial charge in [0, 0.05) is 18.7 Å². The van der Waals surface area contributed by atoms with Gasteiger partial charge in [-0.2, -0.15) is 13.2 Å². The predicted molar refractivity (Wildman–Crippen MR) is 106 cm³/mol. The largest absolute Gasteiger partial charge is 0.425 e. The van der Waals surface area contributed by atoms with Crippen molar-refractivity contribution >= 4 is 28.9 Å². The van der Waals surface area contributed by atoms with Crippen LogP contribution in [0.2, 0.25) is 0 Å². The van der Waals surface area contributed by atoms with E-state index >= 15 is 0 Å². The molecule has 1 N–H and O–H groups in total. The van der Waals surface area contributed by atoms with Crippen molar-refractivity contribution in [3.05, 3.63) is 33.7 Å². The number of thiophene rings is 1. The molecule has 10 heteroatoms. The zero-order valence-corrected chi connectivity index (χ0v) is 18.0. The van der Waals surface area contributed by atoms with Crippen LogP contribution in [0.3, 0.4) is 0 Å². The van der Waals surface area contributed by atoms with Crippen LogP contribution in [0.4, 0.5) is 13.2 Å². The normalized spacial score (nSPS) is 28.3. The number of ether oxygens (including phenoxy) is 1. The number of allylic oxidation sites excluding steroid dienone is 1. The third-order valence-corrected chi connectivity index (χ3v) is 6.87. The Morgan fingerprint density at radius 3 is 2.65 bits per heavy atom. The Kier molecular flexibility index (Phi) is 5.28. The highest BCUT2D eigenvalue weighted by atomic mass is 32.1. The third kappa shape index (κ3) is 3.59. The Morgan fingerprint density at radius 2 is 2.06 bits per heavy atom. The fourth-order valence-electron chi connectivity index (χ4n) is 4.65. The van der Waals surface area contributed by atoms with Gasteiger partial charge in [0.1, 0.15) is 0 Å². The van der Waals surface area contributed by atoms with Gasteiger partial charge < -0.3 is 15.0 Å². The molecule has 1 aliphatic carbocycles. The average molecular weight is 456 g/mol. The maximum Gasteiger partial charge on any atom is 0.425 e. The van der Waals surface area contributed by atoms with Crippen molar-refractivity contribution in [2.24, 2.45) is 5.41 Å². The first-order valence-electron chi connectivity index (χ1n) is 10.1. The van der Waals surface area contributed by atoms with Crippen molar-refractivity contribution in [1.82, 2.24) is 10.2 Å². The summed E-state index contributed by atoms with van der Waals surface area (Å²) in [5.74, 6) is -3.14. The van der Waals surface area contributed by atoms with E-state index in [1.807, 2.05) is 5.32 Å². The summed E-state index contributed by atoms with van der Waals surface area (Å²) in [5, 5.41) is 3.48. The van der Waals surface area contributed by atoms with Gasteiger partial charge in [0.2, 0.25) is 5.54 Å². The van der Waals surface area contributed by atoms with E-state index in [0.29, 0.717) is 13.0 Å². The molecule has 2 atom stereocenters. The lowest BCUT2D eigenvalue weighted by molar-refractivity contribution is -0.191. The van der Waals surface area contributed by atoms with E-state index < -0.39 is 46.4 Å². The monoisotopic (exact) mass is 456 g/mol. The van der Waals surface area contributed by atoms with Crippen LogP contribution >= 0.6 is 11.3 Å². The quantitative estimate of drug-likeness (QED) is 0.753. The molecule has 3 aliphatic rings. The van der Waals surface area contributed by atoms with Crippen LogP contribution in [0.1, 0.15) is 49.2 Å². The highest BCUT2D eigenvalue weighted by Gasteiger charge is 2.71. The summed E-state index contributed by atoms with van der Waals surface area (Å²) in [5.41, 5.74) is -4.60. The third-order valence-electron chi connectivity index (χ3n) is 6.00. The van der Waals surface area contributed by atoms with Crippen LogP contribution in [0.25, 0.3) is 0 Å². The second kappa shape index (κ2) is 7.44. The lowest BCUT2D eigenvalue weighted by atomic mass is 9.72. The molecule has 0 saturated carbocycles. The molecule has 1 aromatic heterocycles. The second-order valence-corrected chi connectivity index (χ2v) is 9.94. The first-order chi connectivity index (χ1) is 14.5. The molecule has 1 aromatic rings. The van der Waals surface area contributed by atoms with Gasteiger partial charge in [-0.05, 0) is 36.1 Å². The number of Topliss-reactive ketones (excluding diaryl/α,β-unsaturated/α-hetero) is 1. The predicted octanol–water partition coefficient (Wildman–Crippen LogP) is 3.44. The minimum atomic E-state index is -5.19. The standard InChI is InChI=1S/C21H23F3N2O4S/c1-19(2)9-13-16(14(27)10-19)20(21(22,23)24,25-17(28)15-6-4-8-31-15)18(29)26(13)11-12-5-3-7-30-12/h4,6,8,12H,3,5,7,9-11H2,1-2H3,(H,25,28)/t12-,20+/m0/s1. The van der Waals surface area contributed by atoms with Crippen molar-refractivity contribution in [3.8, 4) is 0 Å². The molecule has 0 spiro atoms. The number of rotatable bonds is 4. The van der Waals surface area contributed by atoms with E-state index in [1.54, 1.807) is 19.2 Å². The van der Waals surface area contributed by atoms with Crippen LogP contribution in [-0.2, 0) is 14.3 Å². The van der Waals surface area contributed by atoms with Crippen molar-refractivity contribution in [1.29, 1.82) is 0 Å². The van der Waals surface area contributed by atoms with Crippen molar-refractivity contribution in [2.75, 3.05) is 13.2 Å².